The lowest BCUT2D eigenvalue weighted by Crippen LogP contribution is -2.44. The van der Waals surface area contributed by atoms with Crippen LogP contribution >= 0.6 is 0 Å². The first-order valence-electron chi connectivity index (χ1n) is 13.1. The standard InChI is InChI=1S/C28H30F2N6O3/c1-15-8-16(9-23(31)27(15)37)20-4-6-32-13-25(20)34-28-33-12-17-2-3-24(35-36(17)28)26-21(29)10-19(11-22(26)30)39-18-5-7-38-14-18/h2-4,6,10-13,15-16,18,23,27,37H,5,7-9,14,31H2,1H3,(H,33,34)/t15-,16+,18?,23+,27-/m0/s1. The molecule has 204 valence electrons. The molecule has 4 heterocycles. The molecule has 0 bridgehead atoms. The van der Waals surface area contributed by atoms with E-state index < -0.39 is 17.7 Å². The van der Waals surface area contributed by atoms with Crippen LogP contribution in [0.15, 0.2) is 48.9 Å². The number of nitrogens with two attached hydrogens (primary N) is 1. The van der Waals surface area contributed by atoms with Crippen LogP contribution in [0.1, 0.15) is 37.7 Å². The molecule has 0 spiro atoms. The van der Waals surface area contributed by atoms with Crippen LogP contribution in [-0.2, 0) is 4.74 Å². The van der Waals surface area contributed by atoms with Gasteiger partial charge in [-0.25, -0.2) is 13.8 Å². The first-order chi connectivity index (χ1) is 18.9. The van der Waals surface area contributed by atoms with Crippen molar-refractivity contribution < 1.29 is 23.4 Å². The zero-order valence-electron chi connectivity index (χ0n) is 21.4. The lowest BCUT2D eigenvalue weighted by atomic mass is 9.74. The fourth-order valence-electron chi connectivity index (χ4n) is 5.58. The van der Waals surface area contributed by atoms with Crippen molar-refractivity contribution in [1.82, 2.24) is 19.6 Å². The van der Waals surface area contributed by atoms with Gasteiger partial charge in [-0.1, -0.05) is 6.92 Å². The van der Waals surface area contributed by atoms with Gasteiger partial charge in [-0.3, -0.25) is 4.98 Å². The van der Waals surface area contributed by atoms with Crippen LogP contribution in [0.25, 0.3) is 16.8 Å². The van der Waals surface area contributed by atoms with Crippen molar-refractivity contribution in [2.75, 3.05) is 18.5 Å². The Kier molecular flexibility index (Phi) is 6.88. The molecule has 1 aliphatic carbocycles. The number of imidazole rings is 1. The van der Waals surface area contributed by atoms with E-state index in [4.69, 9.17) is 15.2 Å². The summed E-state index contributed by atoms with van der Waals surface area (Å²) in [5, 5.41) is 18.1. The van der Waals surface area contributed by atoms with Crippen molar-refractivity contribution in [2.24, 2.45) is 11.7 Å². The third kappa shape index (κ3) is 5.05. The quantitative estimate of drug-likeness (QED) is 0.336. The highest BCUT2D eigenvalue weighted by molar-refractivity contribution is 5.66. The van der Waals surface area contributed by atoms with Crippen LogP contribution in [0.5, 0.6) is 5.75 Å². The summed E-state index contributed by atoms with van der Waals surface area (Å²) >= 11 is 0. The summed E-state index contributed by atoms with van der Waals surface area (Å²) in [5.41, 5.74) is 8.46. The van der Waals surface area contributed by atoms with Crippen LogP contribution in [0.3, 0.4) is 0 Å². The topological polar surface area (TPSA) is 120 Å². The monoisotopic (exact) mass is 536 g/mol. The Morgan fingerprint density at radius 2 is 1.97 bits per heavy atom. The molecular formula is C28H30F2N6O3. The second-order valence-corrected chi connectivity index (χ2v) is 10.4. The van der Waals surface area contributed by atoms with Gasteiger partial charge in [-0.2, -0.15) is 9.61 Å². The van der Waals surface area contributed by atoms with Gasteiger partial charge in [0.1, 0.15) is 23.5 Å². The van der Waals surface area contributed by atoms with E-state index in [9.17, 15) is 5.11 Å². The number of rotatable bonds is 6. The highest BCUT2D eigenvalue weighted by Crippen LogP contribution is 2.39. The SMILES string of the molecule is C[C@H]1C[C@@H](c2ccncc2Nc2ncc3ccc(-c4c(F)cc(OC5CCOC5)cc4F)nn23)C[C@@H](N)[C@H]1O. The average Bonchev–Trinajstić information content (AvgIpc) is 3.57. The Morgan fingerprint density at radius 1 is 1.15 bits per heavy atom. The molecule has 3 aromatic heterocycles. The number of nitrogens with zero attached hydrogens (tertiary/aromatic N) is 4. The molecule has 6 rings (SSSR count). The minimum Gasteiger partial charge on any atom is -0.488 e. The van der Waals surface area contributed by atoms with E-state index in [-0.39, 0.29) is 41.0 Å². The molecular weight excluding hydrogens is 506 g/mol. The second kappa shape index (κ2) is 10.5. The van der Waals surface area contributed by atoms with Crippen molar-refractivity contribution in [3.8, 4) is 17.0 Å². The molecule has 9 nitrogen and oxygen atoms in total. The third-order valence-corrected chi connectivity index (χ3v) is 7.62. The molecule has 2 fully saturated rings. The summed E-state index contributed by atoms with van der Waals surface area (Å²) < 4.78 is 42.7. The minimum absolute atomic E-state index is 0.0596. The molecule has 1 saturated carbocycles. The largest absolute Gasteiger partial charge is 0.488 e. The smallest absolute Gasteiger partial charge is 0.229 e. The number of halogens is 2. The predicted molar refractivity (Wildman–Crippen MR) is 141 cm³/mol. The highest BCUT2D eigenvalue weighted by Gasteiger charge is 2.34. The molecule has 1 unspecified atom stereocenters. The number of fused-ring (bicyclic) bond motifs is 1. The van der Waals surface area contributed by atoms with Gasteiger partial charge in [0.05, 0.1) is 54.2 Å². The summed E-state index contributed by atoms with van der Waals surface area (Å²) in [4.78, 5) is 8.71. The molecule has 1 saturated heterocycles. The molecule has 2 aliphatic rings. The molecule has 0 amide bonds. The van der Waals surface area contributed by atoms with E-state index in [0.717, 1.165) is 17.7 Å². The number of aliphatic hydroxyl groups is 1. The van der Waals surface area contributed by atoms with Gasteiger partial charge in [-0.15, -0.1) is 0 Å². The van der Waals surface area contributed by atoms with Gasteiger partial charge < -0.3 is 25.6 Å². The number of anilines is 2. The number of aromatic nitrogens is 4. The fraction of sp³-hybridized carbons (Fsp3) is 0.393. The van der Waals surface area contributed by atoms with Crippen LogP contribution in [0.4, 0.5) is 20.4 Å². The Hall–Kier alpha value is -3.67. The van der Waals surface area contributed by atoms with E-state index in [1.807, 2.05) is 13.0 Å². The fourth-order valence-corrected chi connectivity index (χ4v) is 5.58. The van der Waals surface area contributed by atoms with E-state index in [1.165, 1.54) is 16.6 Å². The van der Waals surface area contributed by atoms with Crippen molar-refractivity contribution in [3.05, 3.63) is 66.1 Å². The van der Waals surface area contributed by atoms with Crippen molar-refractivity contribution in [3.63, 3.8) is 0 Å². The molecule has 1 aliphatic heterocycles. The second-order valence-electron chi connectivity index (χ2n) is 10.4. The number of aliphatic hydroxyl groups excluding tert-OH is 1. The molecule has 11 heteroatoms. The summed E-state index contributed by atoms with van der Waals surface area (Å²) in [6, 6.07) is 7.22. The molecule has 39 heavy (non-hydrogen) atoms. The van der Waals surface area contributed by atoms with Crippen LogP contribution in [-0.4, -0.2) is 56.2 Å². The van der Waals surface area contributed by atoms with Crippen LogP contribution in [0.2, 0.25) is 0 Å². The zero-order valence-corrected chi connectivity index (χ0v) is 21.4. The van der Waals surface area contributed by atoms with Crippen molar-refractivity contribution in [1.29, 1.82) is 0 Å². The number of hydrogen-bond donors (Lipinski definition) is 3. The Bertz CT molecular complexity index is 1460. The third-order valence-electron chi connectivity index (χ3n) is 7.62. The number of hydrogen-bond acceptors (Lipinski definition) is 8. The lowest BCUT2D eigenvalue weighted by Gasteiger charge is -2.36. The normalized spacial score (nSPS) is 25.2. The maximum atomic E-state index is 15.1. The van der Waals surface area contributed by atoms with E-state index >= 15 is 8.78 Å². The number of pyridine rings is 1. The van der Waals surface area contributed by atoms with Gasteiger partial charge in [0.25, 0.3) is 0 Å². The van der Waals surface area contributed by atoms with E-state index in [0.29, 0.717) is 37.5 Å². The maximum Gasteiger partial charge on any atom is 0.229 e. The minimum atomic E-state index is -0.773. The number of ether oxygens (including phenoxy) is 2. The Balaban J connectivity index is 1.30. The number of nitrogens with one attached hydrogen (secondary N) is 1. The summed E-state index contributed by atoms with van der Waals surface area (Å²) in [5.74, 6) is -0.877. The zero-order chi connectivity index (χ0) is 27.1. The van der Waals surface area contributed by atoms with Crippen LogP contribution < -0.4 is 15.8 Å². The van der Waals surface area contributed by atoms with E-state index in [2.05, 4.69) is 20.4 Å². The predicted octanol–water partition coefficient (Wildman–Crippen LogP) is 4.18. The maximum absolute atomic E-state index is 15.1. The Morgan fingerprint density at radius 3 is 2.72 bits per heavy atom. The first kappa shape index (κ1) is 25.6. The first-order valence-corrected chi connectivity index (χ1v) is 13.1. The molecule has 1 aromatic carbocycles. The van der Waals surface area contributed by atoms with Crippen LogP contribution in [0, 0.1) is 17.6 Å². The Labute approximate surface area is 224 Å². The van der Waals surface area contributed by atoms with Gasteiger partial charge in [-0.05, 0) is 48.4 Å². The number of benzene rings is 1. The molecule has 5 atom stereocenters. The summed E-state index contributed by atoms with van der Waals surface area (Å²) in [6.07, 6.45) is 6.39. The summed E-state index contributed by atoms with van der Waals surface area (Å²) in [6.45, 7) is 2.96. The van der Waals surface area contributed by atoms with Gasteiger partial charge in [0.15, 0.2) is 0 Å². The van der Waals surface area contributed by atoms with E-state index in [1.54, 1.807) is 30.7 Å². The molecule has 4 aromatic rings. The molecule has 4 N–H and O–H groups in total. The summed E-state index contributed by atoms with van der Waals surface area (Å²) in [7, 11) is 0. The lowest BCUT2D eigenvalue weighted by molar-refractivity contribution is 0.0521. The van der Waals surface area contributed by atoms with Crippen molar-refractivity contribution in [2.45, 2.75) is 50.4 Å². The average molecular weight is 537 g/mol. The van der Waals surface area contributed by atoms with Gasteiger partial charge in [0.2, 0.25) is 5.95 Å². The highest BCUT2D eigenvalue weighted by atomic mass is 19.1. The molecule has 0 radical (unpaired) electrons. The van der Waals surface area contributed by atoms with Gasteiger partial charge >= 0.3 is 0 Å². The van der Waals surface area contributed by atoms with Crippen molar-refractivity contribution >= 4 is 17.2 Å². The van der Waals surface area contributed by atoms with Gasteiger partial charge in [0, 0.05) is 30.8 Å².